The molecule has 3 rings (SSSR count). The van der Waals surface area contributed by atoms with Crippen molar-refractivity contribution >= 4 is 11.6 Å². The van der Waals surface area contributed by atoms with Gasteiger partial charge in [0.15, 0.2) is 5.82 Å². The van der Waals surface area contributed by atoms with Crippen LogP contribution < -0.4 is 4.74 Å². The van der Waals surface area contributed by atoms with Crippen LogP contribution >= 0.6 is 11.6 Å². The fraction of sp³-hybridized carbons (Fsp3) is 0.375. The van der Waals surface area contributed by atoms with Gasteiger partial charge in [0.25, 0.3) is 0 Å². The third kappa shape index (κ3) is 3.93. The van der Waals surface area contributed by atoms with Crippen molar-refractivity contribution in [1.82, 2.24) is 14.9 Å². The van der Waals surface area contributed by atoms with Gasteiger partial charge in [0, 0.05) is 24.7 Å². The first-order chi connectivity index (χ1) is 10.7. The van der Waals surface area contributed by atoms with Crippen molar-refractivity contribution in [2.45, 2.75) is 25.5 Å². The van der Waals surface area contributed by atoms with E-state index < -0.39 is 5.82 Å². The molecule has 2 aromatic rings. The van der Waals surface area contributed by atoms with E-state index in [0.29, 0.717) is 0 Å². The topological polar surface area (TPSA) is 38.2 Å². The highest BCUT2D eigenvalue weighted by atomic mass is 35.5. The molecule has 0 N–H and O–H groups in total. The molecule has 0 atom stereocenters. The largest absolute Gasteiger partial charge is 0.460 e. The van der Waals surface area contributed by atoms with Crippen molar-refractivity contribution in [2.75, 3.05) is 13.1 Å². The molecule has 0 aliphatic carbocycles. The lowest BCUT2D eigenvalue weighted by Gasteiger charge is -2.31. The number of nitrogens with zero attached hydrogens (tertiary/aromatic N) is 3. The number of ether oxygens (including phenoxy) is 1. The molecule has 0 amide bonds. The van der Waals surface area contributed by atoms with Crippen molar-refractivity contribution in [2.24, 2.45) is 0 Å². The summed E-state index contributed by atoms with van der Waals surface area (Å²) in [4.78, 5) is 10.0. The van der Waals surface area contributed by atoms with Crippen LogP contribution in [0.4, 0.5) is 4.39 Å². The molecule has 1 fully saturated rings. The Morgan fingerprint density at radius 3 is 2.55 bits per heavy atom. The molecule has 116 valence electrons. The van der Waals surface area contributed by atoms with Gasteiger partial charge in [-0.2, -0.15) is 0 Å². The van der Waals surface area contributed by atoms with Crippen LogP contribution in [0.25, 0.3) is 0 Å². The van der Waals surface area contributed by atoms with Crippen LogP contribution in [-0.4, -0.2) is 34.1 Å². The van der Waals surface area contributed by atoms with Crippen LogP contribution in [0.3, 0.4) is 0 Å². The van der Waals surface area contributed by atoms with E-state index >= 15 is 0 Å². The predicted molar refractivity (Wildman–Crippen MR) is 82.4 cm³/mol. The third-order valence-corrected chi connectivity index (χ3v) is 4.12. The maximum absolute atomic E-state index is 12.8. The first-order valence-corrected chi connectivity index (χ1v) is 7.68. The molecule has 0 radical (unpaired) electrons. The molecule has 0 saturated carbocycles. The van der Waals surface area contributed by atoms with Gasteiger partial charge in [-0.15, -0.1) is 0 Å². The fourth-order valence-corrected chi connectivity index (χ4v) is 2.76. The van der Waals surface area contributed by atoms with Crippen LogP contribution in [0.2, 0.25) is 5.02 Å². The number of hydrogen-bond acceptors (Lipinski definition) is 4. The summed E-state index contributed by atoms with van der Waals surface area (Å²) in [5.41, 5.74) is 1.14. The van der Waals surface area contributed by atoms with E-state index in [0.717, 1.165) is 55.5 Å². The number of aromatic nitrogens is 2. The van der Waals surface area contributed by atoms with Gasteiger partial charge >= 0.3 is 6.01 Å². The van der Waals surface area contributed by atoms with Crippen molar-refractivity contribution in [3.05, 3.63) is 53.1 Å². The zero-order chi connectivity index (χ0) is 15.4. The van der Waals surface area contributed by atoms with Crippen molar-refractivity contribution < 1.29 is 9.13 Å². The van der Waals surface area contributed by atoms with E-state index in [1.54, 1.807) is 0 Å². The summed E-state index contributed by atoms with van der Waals surface area (Å²) in [5.74, 6) is -0.457. The Hall–Kier alpha value is -1.72. The number of hydrogen-bond donors (Lipinski definition) is 0. The lowest BCUT2D eigenvalue weighted by molar-refractivity contribution is 0.0890. The molecule has 0 unspecified atom stereocenters. The molecule has 1 aromatic heterocycles. The standard InChI is InChI=1S/C16H17ClFN3O/c17-15-4-2-1-3-12(15)11-21-7-5-14(6-8-21)22-16-19-9-13(18)10-20-16/h1-4,9-10,14H,5-8,11H2. The minimum absolute atomic E-state index is 0.0768. The first kappa shape index (κ1) is 15.2. The molecule has 6 heteroatoms. The zero-order valence-electron chi connectivity index (χ0n) is 12.1. The number of halogens is 2. The normalized spacial score (nSPS) is 16.6. The zero-order valence-corrected chi connectivity index (χ0v) is 12.8. The Balaban J connectivity index is 1.50. The summed E-state index contributed by atoms with van der Waals surface area (Å²) in [6.45, 7) is 2.70. The number of benzene rings is 1. The summed E-state index contributed by atoms with van der Waals surface area (Å²) >= 11 is 6.19. The summed E-state index contributed by atoms with van der Waals surface area (Å²) in [5, 5.41) is 0.806. The Morgan fingerprint density at radius 1 is 1.18 bits per heavy atom. The van der Waals surface area contributed by atoms with Gasteiger partial charge < -0.3 is 4.74 Å². The number of likely N-dealkylation sites (tertiary alicyclic amines) is 1. The lowest BCUT2D eigenvalue weighted by Crippen LogP contribution is -2.38. The van der Waals surface area contributed by atoms with Crippen LogP contribution in [0, 0.1) is 5.82 Å². The summed E-state index contributed by atoms with van der Waals surface area (Å²) in [6.07, 6.45) is 4.10. The molecule has 1 saturated heterocycles. The van der Waals surface area contributed by atoms with E-state index in [4.69, 9.17) is 16.3 Å². The highest BCUT2D eigenvalue weighted by Crippen LogP contribution is 2.21. The average molecular weight is 322 g/mol. The second-order valence-corrected chi connectivity index (χ2v) is 5.78. The summed E-state index contributed by atoms with van der Waals surface area (Å²) in [7, 11) is 0. The summed E-state index contributed by atoms with van der Waals surface area (Å²) in [6, 6.07) is 8.15. The molecule has 1 aliphatic rings. The Morgan fingerprint density at radius 2 is 1.86 bits per heavy atom. The fourth-order valence-electron chi connectivity index (χ4n) is 2.56. The smallest absolute Gasteiger partial charge is 0.316 e. The molecule has 1 aromatic carbocycles. The van der Waals surface area contributed by atoms with Gasteiger partial charge in [-0.05, 0) is 24.5 Å². The molecule has 1 aliphatic heterocycles. The van der Waals surface area contributed by atoms with Crippen molar-refractivity contribution in [1.29, 1.82) is 0 Å². The van der Waals surface area contributed by atoms with Gasteiger partial charge in [0.05, 0.1) is 12.4 Å². The minimum Gasteiger partial charge on any atom is -0.460 e. The highest BCUT2D eigenvalue weighted by molar-refractivity contribution is 6.31. The molecule has 0 spiro atoms. The second kappa shape index (κ2) is 7.03. The van der Waals surface area contributed by atoms with Crippen LogP contribution in [0.15, 0.2) is 36.7 Å². The second-order valence-electron chi connectivity index (χ2n) is 5.37. The van der Waals surface area contributed by atoms with E-state index in [1.807, 2.05) is 18.2 Å². The minimum atomic E-state index is -0.457. The van der Waals surface area contributed by atoms with Gasteiger partial charge in [-0.1, -0.05) is 29.8 Å². The van der Waals surface area contributed by atoms with E-state index in [-0.39, 0.29) is 12.1 Å². The van der Waals surface area contributed by atoms with Crippen molar-refractivity contribution in [3.63, 3.8) is 0 Å². The molecular weight excluding hydrogens is 305 g/mol. The van der Waals surface area contributed by atoms with Gasteiger partial charge in [0.2, 0.25) is 0 Å². The SMILES string of the molecule is Fc1cnc(OC2CCN(Cc3ccccc3Cl)CC2)nc1. The van der Waals surface area contributed by atoms with Crippen LogP contribution in [-0.2, 0) is 6.54 Å². The van der Waals surface area contributed by atoms with Crippen LogP contribution in [0.1, 0.15) is 18.4 Å². The van der Waals surface area contributed by atoms with Crippen molar-refractivity contribution in [3.8, 4) is 6.01 Å². The average Bonchev–Trinajstić information content (AvgIpc) is 2.54. The first-order valence-electron chi connectivity index (χ1n) is 7.30. The van der Waals surface area contributed by atoms with Gasteiger partial charge in [0.1, 0.15) is 6.10 Å². The maximum atomic E-state index is 12.8. The maximum Gasteiger partial charge on any atom is 0.316 e. The summed E-state index contributed by atoms with van der Waals surface area (Å²) < 4.78 is 18.4. The van der Waals surface area contributed by atoms with E-state index in [9.17, 15) is 4.39 Å². The van der Waals surface area contributed by atoms with Gasteiger partial charge in [-0.25, -0.2) is 14.4 Å². The molecule has 2 heterocycles. The monoisotopic (exact) mass is 321 g/mol. The Labute approximate surface area is 133 Å². The van der Waals surface area contributed by atoms with Gasteiger partial charge in [-0.3, -0.25) is 4.90 Å². The van der Waals surface area contributed by atoms with E-state index in [2.05, 4.69) is 20.9 Å². The molecule has 0 bridgehead atoms. The number of rotatable bonds is 4. The highest BCUT2D eigenvalue weighted by Gasteiger charge is 2.21. The third-order valence-electron chi connectivity index (χ3n) is 3.76. The quantitative estimate of drug-likeness (QED) is 0.866. The predicted octanol–water partition coefficient (Wildman–Crippen LogP) is 3.31. The Bertz CT molecular complexity index is 615. The van der Waals surface area contributed by atoms with E-state index in [1.165, 1.54) is 0 Å². The molecule has 4 nitrogen and oxygen atoms in total. The Kier molecular flexibility index (Phi) is 4.85. The number of piperidine rings is 1. The van der Waals surface area contributed by atoms with Crippen LogP contribution in [0.5, 0.6) is 6.01 Å². The molecule has 22 heavy (non-hydrogen) atoms. The lowest BCUT2D eigenvalue weighted by atomic mass is 10.1. The molecular formula is C16H17ClFN3O.